The number of carbonyl (C=O) groups excluding carboxylic acids is 1. The second kappa shape index (κ2) is 7.26. The number of aliphatic imine (C=N–C) groups is 1. The SMILES string of the molecule is CCCCCC(=O)N=C(N(C)C)N(C)C. The number of hydrogen-bond acceptors (Lipinski definition) is 1. The maximum absolute atomic E-state index is 11.5. The predicted octanol–water partition coefficient (Wildman–Crippen LogP) is 1.57. The molecule has 0 aliphatic rings. The van der Waals surface area contributed by atoms with Crippen LogP contribution in [0.15, 0.2) is 4.99 Å². The second-order valence-electron chi connectivity index (χ2n) is 4.05. The Morgan fingerprint density at radius 3 is 2.00 bits per heavy atom. The molecule has 0 N–H and O–H groups in total. The highest BCUT2D eigenvalue weighted by Gasteiger charge is 2.07. The first-order valence-corrected chi connectivity index (χ1v) is 5.45. The monoisotopic (exact) mass is 213 g/mol. The Labute approximate surface area is 93.0 Å². The maximum atomic E-state index is 11.5. The van der Waals surface area contributed by atoms with Gasteiger partial charge in [-0.05, 0) is 6.42 Å². The van der Waals surface area contributed by atoms with Crippen molar-refractivity contribution in [1.29, 1.82) is 0 Å². The zero-order valence-electron chi connectivity index (χ0n) is 10.6. The van der Waals surface area contributed by atoms with Gasteiger partial charge in [-0.3, -0.25) is 4.79 Å². The summed E-state index contributed by atoms with van der Waals surface area (Å²) in [7, 11) is 7.55. The summed E-state index contributed by atoms with van der Waals surface area (Å²) in [5.74, 6) is 0.678. The standard InChI is InChI=1S/C11H23N3O/c1-6-7-8-9-10(15)12-11(13(2)3)14(4)5/h6-9H2,1-5H3. The molecule has 0 bridgehead atoms. The molecule has 0 heterocycles. The van der Waals surface area contributed by atoms with Crippen molar-refractivity contribution in [3.8, 4) is 0 Å². The van der Waals surface area contributed by atoms with E-state index in [1.807, 2.05) is 38.0 Å². The molecule has 0 aliphatic heterocycles. The summed E-state index contributed by atoms with van der Waals surface area (Å²) >= 11 is 0. The van der Waals surface area contributed by atoms with Crippen molar-refractivity contribution in [1.82, 2.24) is 9.80 Å². The van der Waals surface area contributed by atoms with Crippen LogP contribution < -0.4 is 0 Å². The molecule has 0 saturated heterocycles. The third-order valence-electron chi connectivity index (χ3n) is 2.02. The quantitative estimate of drug-likeness (QED) is 0.404. The van der Waals surface area contributed by atoms with Gasteiger partial charge in [0.1, 0.15) is 0 Å². The zero-order valence-corrected chi connectivity index (χ0v) is 10.6. The zero-order chi connectivity index (χ0) is 11.8. The normalized spacial score (nSPS) is 9.67. The maximum Gasteiger partial charge on any atom is 0.248 e. The minimum Gasteiger partial charge on any atom is -0.349 e. The van der Waals surface area contributed by atoms with Gasteiger partial charge in [-0.2, -0.15) is 4.99 Å². The van der Waals surface area contributed by atoms with E-state index >= 15 is 0 Å². The molecule has 0 aromatic carbocycles. The van der Waals surface area contributed by atoms with E-state index in [1.54, 1.807) is 0 Å². The molecule has 0 unspecified atom stereocenters. The summed E-state index contributed by atoms with van der Waals surface area (Å²) in [6.45, 7) is 2.12. The van der Waals surface area contributed by atoms with Crippen molar-refractivity contribution in [2.24, 2.45) is 4.99 Å². The minimum absolute atomic E-state index is 0.0270. The van der Waals surface area contributed by atoms with Crippen molar-refractivity contribution >= 4 is 11.9 Å². The van der Waals surface area contributed by atoms with Crippen LogP contribution in [-0.4, -0.2) is 49.9 Å². The molecule has 0 rings (SSSR count). The largest absolute Gasteiger partial charge is 0.349 e. The number of hydrogen-bond donors (Lipinski definition) is 0. The summed E-state index contributed by atoms with van der Waals surface area (Å²) in [5, 5.41) is 0. The molecule has 15 heavy (non-hydrogen) atoms. The van der Waals surface area contributed by atoms with E-state index in [1.165, 1.54) is 0 Å². The number of amides is 1. The molecule has 88 valence electrons. The number of carbonyl (C=O) groups is 1. The van der Waals surface area contributed by atoms with E-state index in [0.717, 1.165) is 19.3 Å². The van der Waals surface area contributed by atoms with Gasteiger partial charge in [0, 0.05) is 34.6 Å². The minimum atomic E-state index is -0.0270. The van der Waals surface area contributed by atoms with Crippen LogP contribution in [0.3, 0.4) is 0 Å². The van der Waals surface area contributed by atoms with Crippen LogP contribution in [0.4, 0.5) is 0 Å². The smallest absolute Gasteiger partial charge is 0.248 e. The Morgan fingerprint density at radius 1 is 1.07 bits per heavy atom. The van der Waals surface area contributed by atoms with E-state index in [9.17, 15) is 4.79 Å². The van der Waals surface area contributed by atoms with E-state index in [-0.39, 0.29) is 5.91 Å². The molecule has 0 aromatic rings. The van der Waals surface area contributed by atoms with Crippen molar-refractivity contribution in [3.63, 3.8) is 0 Å². The molecule has 0 saturated carbocycles. The first kappa shape index (κ1) is 13.9. The van der Waals surface area contributed by atoms with Crippen LogP contribution in [0, 0.1) is 0 Å². The average Bonchev–Trinajstić information content (AvgIpc) is 2.13. The van der Waals surface area contributed by atoms with Gasteiger partial charge in [0.15, 0.2) is 0 Å². The fourth-order valence-corrected chi connectivity index (χ4v) is 1.29. The molecule has 4 heteroatoms. The van der Waals surface area contributed by atoms with Crippen LogP contribution in [0.1, 0.15) is 32.6 Å². The Balaban J connectivity index is 4.23. The second-order valence-corrected chi connectivity index (χ2v) is 4.05. The van der Waals surface area contributed by atoms with Gasteiger partial charge < -0.3 is 9.80 Å². The van der Waals surface area contributed by atoms with E-state index in [2.05, 4.69) is 11.9 Å². The lowest BCUT2D eigenvalue weighted by Gasteiger charge is -2.22. The van der Waals surface area contributed by atoms with Crippen LogP contribution in [0.5, 0.6) is 0 Å². The number of nitrogens with zero attached hydrogens (tertiary/aromatic N) is 3. The molecule has 0 spiro atoms. The predicted molar refractivity (Wildman–Crippen MR) is 64.0 cm³/mol. The fraction of sp³-hybridized carbons (Fsp3) is 0.818. The van der Waals surface area contributed by atoms with Gasteiger partial charge >= 0.3 is 0 Å². The molecule has 0 aliphatic carbocycles. The van der Waals surface area contributed by atoms with E-state index in [0.29, 0.717) is 12.4 Å². The Morgan fingerprint density at radius 2 is 1.60 bits per heavy atom. The highest BCUT2D eigenvalue weighted by Crippen LogP contribution is 2.01. The summed E-state index contributed by atoms with van der Waals surface area (Å²) in [5.41, 5.74) is 0. The highest BCUT2D eigenvalue weighted by atomic mass is 16.1. The number of guanidine groups is 1. The molecule has 4 nitrogen and oxygen atoms in total. The van der Waals surface area contributed by atoms with Gasteiger partial charge in [0.2, 0.25) is 11.9 Å². The summed E-state index contributed by atoms with van der Waals surface area (Å²) < 4.78 is 0. The molecule has 1 amide bonds. The first-order chi connectivity index (χ1) is 6.99. The lowest BCUT2D eigenvalue weighted by molar-refractivity contribution is -0.118. The molecule has 0 fully saturated rings. The third-order valence-corrected chi connectivity index (χ3v) is 2.02. The van der Waals surface area contributed by atoms with E-state index in [4.69, 9.17) is 0 Å². The first-order valence-electron chi connectivity index (χ1n) is 5.45. The van der Waals surface area contributed by atoms with Crippen LogP contribution in [0.2, 0.25) is 0 Å². The van der Waals surface area contributed by atoms with Crippen LogP contribution in [-0.2, 0) is 4.79 Å². The van der Waals surface area contributed by atoms with Crippen molar-refractivity contribution < 1.29 is 4.79 Å². The fourth-order valence-electron chi connectivity index (χ4n) is 1.29. The Kier molecular flexibility index (Phi) is 6.75. The summed E-state index contributed by atoms with van der Waals surface area (Å²) in [6.07, 6.45) is 3.72. The Bertz CT molecular complexity index is 212. The summed E-state index contributed by atoms with van der Waals surface area (Å²) in [4.78, 5) is 19.3. The molecule has 0 radical (unpaired) electrons. The van der Waals surface area contributed by atoms with Gasteiger partial charge in [-0.1, -0.05) is 19.8 Å². The summed E-state index contributed by atoms with van der Waals surface area (Å²) in [6, 6.07) is 0. The van der Waals surface area contributed by atoms with E-state index < -0.39 is 0 Å². The van der Waals surface area contributed by atoms with Crippen molar-refractivity contribution in [3.05, 3.63) is 0 Å². The van der Waals surface area contributed by atoms with Crippen molar-refractivity contribution in [2.45, 2.75) is 32.6 Å². The topological polar surface area (TPSA) is 35.9 Å². The van der Waals surface area contributed by atoms with Gasteiger partial charge in [-0.15, -0.1) is 0 Å². The Hall–Kier alpha value is -1.06. The number of unbranched alkanes of at least 4 members (excludes halogenated alkanes) is 2. The molecule has 0 aromatic heterocycles. The van der Waals surface area contributed by atoms with Crippen molar-refractivity contribution in [2.75, 3.05) is 28.2 Å². The lowest BCUT2D eigenvalue weighted by Crippen LogP contribution is -2.36. The third kappa shape index (κ3) is 6.10. The van der Waals surface area contributed by atoms with Gasteiger partial charge in [-0.25, -0.2) is 0 Å². The molecular weight excluding hydrogens is 190 g/mol. The highest BCUT2D eigenvalue weighted by molar-refractivity contribution is 5.92. The number of rotatable bonds is 4. The molecule has 0 atom stereocenters. The van der Waals surface area contributed by atoms with Gasteiger partial charge in [0.25, 0.3) is 0 Å². The lowest BCUT2D eigenvalue weighted by atomic mass is 10.2. The van der Waals surface area contributed by atoms with Gasteiger partial charge in [0.05, 0.1) is 0 Å². The van der Waals surface area contributed by atoms with Crippen LogP contribution in [0.25, 0.3) is 0 Å². The molecular formula is C11H23N3O. The average molecular weight is 213 g/mol. The van der Waals surface area contributed by atoms with Crippen LogP contribution >= 0.6 is 0 Å².